The number of rotatable bonds is 8. The van der Waals surface area contributed by atoms with E-state index in [2.05, 4.69) is 31.2 Å². The highest BCUT2D eigenvalue weighted by Crippen LogP contribution is 2.23. The highest BCUT2D eigenvalue weighted by Gasteiger charge is 2.29. The summed E-state index contributed by atoms with van der Waals surface area (Å²) >= 11 is 1.32. The number of hydrogen-bond acceptors (Lipinski definition) is 8. The van der Waals surface area contributed by atoms with E-state index in [1.807, 2.05) is 61.3 Å². The van der Waals surface area contributed by atoms with Crippen LogP contribution in [-0.2, 0) is 27.3 Å². The van der Waals surface area contributed by atoms with Crippen molar-refractivity contribution in [3.8, 4) is 0 Å². The monoisotopic (exact) mass is 605 g/mol. The minimum absolute atomic E-state index is 0.0932. The molecular weight excluding hydrogens is 566 g/mol. The lowest BCUT2D eigenvalue weighted by atomic mass is 10.0. The maximum Gasteiger partial charge on any atom is 0.270 e. The molecular formula is C31H39N7O4S. The number of likely N-dealkylation sites (N-methyl/N-ethyl adjacent to an activating group) is 1. The van der Waals surface area contributed by atoms with Gasteiger partial charge in [0.25, 0.3) is 5.91 Å². The van der Waals surface area contributed by atoms with E-state index < -0.39 is 24.0 Å². The van der Waals surface area contributed by atoms with Crippen molar-refractivity contribution in [3.63, 3.8) is 0 Å². The Labute approximate surface area is 255 Å². The molecule has 0 aliphatic carbocycles. The van der Waals surface area contributed by atoms with Crippen LogP contribution in [0.4, 0.5) is 0 Å². The lowest BCUT2D eigenvalue weighted by Gasteiger charge is -2.25. The van der Waals surface area contributed by atoms with Crippen LogP contribution >= 0.6 is 11.3 Å². The maximum atomic E-state index is 13.5. The lowest BCUT2D eigenvalue weighted by molar-refractivity contribution is -0.132. The van der Waals surface area contributed by atoms with Crippen LogP contribution in [0.5, 0.6) is 0 Å². The Hall–Kier alpha value is -4.16. The van der Waals surface area contributed by atoms with E-state index in [0.29, 0.717) is 55.9 Å². The third-order valence-corrected chi connectivity index (χ3v) is 8.12. The van der Waals surface area contributed by atoms with Gasteiger partial charge in [-0.05, 0) is 62.4 Å². The summed E-state index contributed by atoms with van der Waals surface area (Å²) in [7, 11) is 1.83. The van der Waals surface area contributed by atoms with Gasteiger partial charge in [-0.1, -0.05) is 37.3 Å². The zero-order valence-corrected chi connectivity index (χ0v) is 25.4. The van der Waals surface area contributed by atoms with Crippen LogP contribution in [0.2, 0.25) is 0 Å². The van der Waals surface area contributed by atoms with Crippen LogP contribution in [0, 0.1) is 0 Å². The average Bonchev–Trinajstić information content (AvgIpc) is 3.49. The quantitative estimate of drug-likeness (QED) is 0.309. The number of carbonyl (C=O) groups excluding carboxylic acids is 4. The number of amides is 4. The Morgan fingerprint density at radius 3 is 2.49 bits per heavy atom. The standard InChI is InChI=1S/C31H39N7O4S/c1-3-23-29(41)36-25(17-21-9-5-4-6-10-21)31-37-26(20-43-31)28(40)33-14-8-7-11-24(30(42)35-23)34-27(39)19-38(2)18-22-12-15-32-16-13-22/h4-6,9-10,12-13,15-16,20,23-25H,3,7-8,11,14,17-19H2,1-2H3,(H,33,40)(H,34,39)(H,35,42)(H,36,41)/t23-,24+,25+/m1/s1. The fourth-order valence-corrected chi connectivity index (χ4v) is 5.72. The molecule has 11 nitrogen and oxygen atoms in total. The van der Waals surface area contributed by atoms with Gasteiger partial charge in [0.1, 0.15) is 22.8 Å². The molecule has 228 valence electrons. The third kappa shape index (κ3) is 9.69. The number of hydrogen-bond donors (Lipinski definition) is 4. The molecule has 0 spiro atoms. The van der Waals surface area contributed by atoms with Crippen molar-refractivity contribution in [1.29, 1.82) is 0 Å². The van der Waals surface area contributed by atoms with Crippen molar-refractivity contribution in [3.05, 3.63) is 82.1 Å². The molecule has 1 aliphatic heterocycles. The Morgan fingerprint density at radius 1 is 1.00 bits per heavy atom. The molecule has 12 heteroatoms. The number of aromatic nitrogens is 2. The van der Waals surface area contributed by atoms with E-state index >= 15 is 0 Å². The highest BCUT2D eigenvalue weighted by molar-refractivity contribution is 7.09. The predicted molar refractivity (Wildman–Crippen MR) is 164 cm³/mol. The first-order chi connectivity index (χ1) is 20.8. The van der Waals surface area contributed by atoms with Gasteiger partial charge >= 0.3 is 0 Å². The molecule has 4 rings (SSSR count). The summed E-state index contributed by atoms with van der Waals surface area (Å²) in [5.41, 5.74) is 2.32. The van der Waals surface area contributed by atoms with E-state index in [1.165, 1.54) is 11.3 Å². The molecule has 0 saturated heterocycles. The number of benzene rings is 1. The Bertz CT molecular complexity index is 1370. The highest BCUT2D eigenvalue weighted by atomic mass is 32.1. The van der Waals surface area contributed by atoms with Crippen LogP contribution in [0.15, 0.2) is 60.2 Å². The van der Waals surface area contributed by atoms with E-state index in [9.17, 15) is 19.2 Å². The van der Waals surface area contributed by atoms with Gasteiger partial charge in [-0.3, -0.25) is 29.1 Å². The fraction of sp³-hybridized carbons (Fsp3) is 0.419. The number of carbonyl (C=O) groups is 4. The fourth-order valence-electron chi connectivity index (χ4n) is 4.88. The maximum absolute atomic E-state index is 13.5. The van der Waals surface area contributed by atoms with Crippen LogP contribution in [0.1, 0.15) is 65.3 Å². The molecule has 4 amide bonds. The molecule has 0 radical (unpaired) electrons. The van der Waals surface area contributed by atoms with E-state index in [4.69, 9.17) is 0 Å². The molecule has 3 atom stereocenters. The summed E-state index contributed by atoms with van der Waals surface area (Å²) < 4.78 is 0. The molecule has 2 bridgehead atoms. The first-order valence-electron chi connectivity index (χ1n) is 14.6. The normalized spacial score (nSPS) is 20.2. The topological polar surface area (TPSA) is 145 Å². The summed E-state index contributed by atoms with van der Waals surface area (Å²) in [4.78, 5) is 63.1. The van der Waals surface area contributed by atoms with Crippen molar-refractivity contribution >= 4 is 35.0 Å². The van der Waals surface area contributed by atoms with Crippen LogP contribution in [0.3, 0.4) is 0 Å². The predicted octanol–water partition coefficient (Wildman–Crippen LogP) is 2.36. The summed E-state index contributed by atoms with van der Waals surface area (Å²) in [6.45, 7) is 2.87. The van der Waals surface area contributed by atoms with Gasteiger partial charge in [0.15, 0.2) is 0 Å². The molecule has 4 N–H and O–H groups in total. The van der Waals surface area contributed by atoms with Gasteiger partial charge in [0.2, 0.25) is 17.7 Å². The first-order valence-corrected chi connectivity index (χ1v) is 15.5. The molecule has 1 aliphatic rings. The molecule has 3 aromatic rings. The van der Waals surface area contributed by atoms with Gasteiger partial charge in [0, 0.05) is 30.9 Å². The van der Waals surface area contributed by atoms with Gasteiger partial charge in [0.05, 0.1) is 12.6 Å². The van der Waals surface area contributed by atoms with E-state index in [-0.39, 0.29) is 24.3 Å². The molecule has 3 heterocycles. The smallest absolute Gasteiger partial charge is 0.270 e. The first kappa shape index (κ1) is 31.8. The van der Waals surface area contributed by atoms with Crippen LogP contribution < -0.4 is 21.3 Å². The van der Waals surface area contributed by atoms with Crippen LogP contribution in [-0.4, -0.2) is 70.7 Å². The largest absolute Gasteiger partial charge is 0.351 e. The van der Waals surface area contributed by atoms with Crippen LogP contribution in [0.25, 0.3) is 0 Å². The second-order valence-electron chi connectivity index (χ2n) is 10.7. The third-order valence-electron chi connectivity index (χ3n) is 7.17. The van der Waals surface area contributed by atoms with E-state index in [0.717, 1.165) is 11.1 Å². The Balaban J connectivity index is 1.48. The summed E-state index contributed by atoms with van der Waals surface area (Å²) in [6, 6.07) is 11.3. The number of nitrogens with zero attached hydrogens (tertiary/aromatic N) is 3. The molecule has 0 unspecified atom stereocenters. The average molecular weight is 606 g/mol. The zero-order chi connectivity index (χ0) is 30.6. The second-order valence-corrected chi connectivity index (χ2v) is 11.6. The van der Waals surface area contributed by atoms with Crippen molar-refractivity contribution in [2.45, 2.75) is 63.7 Å². The van der Waals surface area contributed by atoms with Crippen molar-refractivity contribution in [2.75, 3.05) is 20.1 Å². The molecule has 0 saturated carbocycles. The van der Waals surface area contributed by atoms with Gasteiger partial charge in [-0.2, -0.15) is 0 Å². The van der Waals surface area contributed by atoms with Gasteiger partial charge in [-0.15, -0.1) is 11.3 Å². The number of thiazole rings is 1. The SMILES string of the molecule is CC[C@H]1NC(=O)[C@@H](NC(=O)CN(C)Cc2ccncc2)CCCCNC(=O)c2csc(n2)[C@H](Cc2ccccc2)NC1=O. The number of fused-ring (bicyclic) bond motifs is 2. The van der Waals surface area contributed by atoms with Crippen molar-refractivity contribution < 1.29 is 19.2 Å². The van der Waals surface area contributed by atoms with Crippen molar-refractivity contribution in [2.24, 2.45) is 0 Å². The van der Waals surface area contributed by atoms with E-state index in [1.54, 1.807) is 17.8 Å². The van der Waals surface area contributed by atoms with Crippen molar-refractivity contribution in [1.82, 2.24) is 36.1 Å². The summed E-state index contributed by atoms with van der Waals surface area (Å²) in [5, 5.41) is 14.0. The number of nitrogens with one attached hydrogen (secondary N) is 4. The molecule has 1 aromatic carbocycles. The van der Waals surface area contributed by atoms with Gasteiger partial charge in [-0.25, -0.2) is 4.98 Å². The Kier molecular flexibility index (Phi) is 11.7. The summed E-state index contributed by atoms with van der Waals surface area (Å²) in [6.07, 6.45) is 5.78. The minimum Gasteiger partial charge on any atom is -0.351 e. The number of pyridine rings is 1. The zero-order valence-electron chi connectivity index (χ0n) is 24.5. The second kappa shape index (κ2) is 15.9. The molecule has 0 fully saturated rings. The summed E-state index contributed by atoms with van der Waals surface area (Å²) in [5.74, 6) is -1.35. The lowest BCUT2D eigenvalue weighted by Crippen LogP contribution is -2.54. The molecule has 2 aromatic heterocycles. The Morgan fingerprint density at radius 2 is 1.74 bits per heavy atom. The van der Waals surface area contributed by atoms with Gasteiger partial charge < -0.3 is 21.3 Å². The minimum atomic E-state index is -0.828. The molecule has 43 heavy (non-hydrogen) atoms.